The molecule has 1 unspecified atom stereocenters. The molecule has 0 radical (unpaired) electrons. The highest BCUT2D eigenvalue weighted by molar-refractivity contribution is 5.28. The predicted molar refractivity (Wildman–Crippen MR) is 63.6 cm³/mol. The summed E-state index contributed by atoms with van der Waals surface area (Å²) in [6, 6.07) is 7.87. The SMILES string of the molecule is COCc1cccc(OCCCC(C)O)c1. The van der Waals surface area contributed by atoms with Crippen molar-refractivity contribution in [2.24, 2.45) is 0 Å². The van der Waals surface area contributed by atoms with Gasteiger partial charge in [0.25, 0.3) is 0 Å². The van der Waals surface area contributed by atoms with Gasteiger partial charge in [-0.05, 0) is 37.5 Å². The van der Waals surface area contributed by atoms with E-state index in [9.17, 15) is 0 Å². The molecule has 1 aromatic rings. The standard InChI is InChI=1S/C13H20O3/c1-11(14)5-4-8-16-13-7-3-6-12(9-13)10-15-2/h3,6-7,9,11,14H,4-5,8,10H2,1-2H3. The highest BCUT2D eigenvalue weighted by atomic mass is 16.5. The molecule has 1 N–H and O–H groups in total. The topological polar surface area (TPSA) is 38.7 Å². The fourth-order valence-corrected chi connectivity index (χ4v) is 1.46. The van der Waals surface area contributed by atoms with Crippen LogP contribution < -0.4 is 4.74 Å². The Hall–Kier alpha value is -1.06. The minimum atomic E-state index is -0.247. The first-order valence-corrected chi connectivity index (χ1v) is 5.61. The monoisotopic (exact) mass is 224 g/mol. The molecule has 0 aromatic heterocycles. The molecule has 0 aliphatic heterocycles. The van der Waals surface area contributed by atoms with Gasteiger partial charge in [0, 0.05) is 7.11 Å². The fourth-order valence-electron chi connectivity index (χ4n) is 1.46. The molecule has 3 heteroatoms. The maximum Gasteiger partial charge on any atom is 0.119 e. The molecule has 0 fully saturated rings. The molecule has 0 amide bonds. The molecule has 3 nitrogen and oxygen atoms in total. The van der Waals surface area contributed by atoms with E-state index in [1.54, 1.807) is 14.0 Å². The lowest BCUT2D eigenvalue weighted by atomic mass is 10.2. The van der Waals surface area contributed by atoms with Gasteiger partial charge in [-0.25, -0.2) is 0 Å². The molecular formula is C13H20O3. The summed E-state index contributed by atoms with van der Waals surface area (Å²) in [5.74, 6) is 0.861. The Morgan fingerprint density at radius 1 is 1.38 bits per heavy atom. The van der Waals surface area contributed by atoms with Crippen molar-refractivity contribution in [1.29, 1.82) is 0 Å². The third-order valence-corrected chi connectivity index (χ3v) is 2.24. The number of aliphatic hydroxyl groups is 1. The van der Waals surface area contributed by atoms with Crippen LogP contribution in [-0.4, -0.2) is 24.9 Å². The van der Waals surface area contributed by atoms with Gasteiger partial charge >= 0.3 is 0 Å². The second-order valence-electron chi connectivity index (χ2n) is 3.92. The van der Waals surface area contributed by atoms with Crippen LogP contribution in [0, 0.1) is 0 Å². The smallest absolute Gasteiger partial charge is 0.119 e. The van der Waals surface area contributed by atoms with Gasteiger partial charge in [-0.3, -0.25) is 0 Å². The molecule has 0 bridgehead atoms. The summed E-state index contributed by atoms with van der Waals surface area (Å²) in [7, 11) is 1.68. The summed E-state index contributed by atoms with van der Waals surface area (Å²) in [6.45, 7) is 3.03. The van der Waals surface area contributed by atoms with Gasteiger partial charge in [0.1, 0.15) is 5.75 Å². The number of hydrogen-bond acceptors (Lipinski definition) is 3. The predicted octanol–water partition coefficient (Wildman–Crippen LogP) is 2.37. The molecule has 0 saturated carbocycles. The number of hydrogen-bond donors (Lipinski definition) is 1. The van der Waals surface area contributed by atoms with E-state index in [1.807, 2.05) is 24.3 Å². The quantitative estimate of drug-likeness (QED) is 0.723. The van der Waals surface area contributed by atoms with Crippen LogP contribution >= 0.6 is 0 Å². The lowest BCUT2D eigenvalue weighted by Crippen LogP contribution is -2.04. The number of benzene rings is 1. The summed E-state index contributed by atoms with van der Waals surface area (Å²) in [5, 5.41) is 9.09. The van der Waals surface area contributed by atoms with Crippen LogP contribution in [0.3, 0.4) is 0 Å². The van der Waals surface area contributed by atoms with E-state index in [0.29, 0.717) is 13.2 Å². The van der Waals surface area contributed by atoms with Gasteiger partial charge < -0.3 is 14.6 Å². The first kappa shape index (κ1) is 13.0. The van der Waals surface area contributed by atoms with Crippen molar-refractivity contribution in [3.8, 4) is 5.75 Å². The van der Waals surface area contributed by atoms with Crippen LogP contribution in [0.2, 0.25) is 0 Å². The Morgan fingerprint density at radius 2 is 2.19 bits per heavy atom. The zero-order chi connectivity index (χ0) is 11.8. The average Bonchev–Trinajstić information content (AvgIpc) is 2.25. The van der Waals surface area contributed by atoms with Crippen LogP contribution in [0.4, 0.5) is 0 Å². The Bertz CT molecular complexity index is 297. The van der Waals surface area contributed by atoms with E-state index < -0.39 is 0 Å². The fraction of sp³-hybridized carbons (Fsp3) is 0.538. The number of rotatable bonds is 7. The van der Waals surface area contributed by atoms with E-state index in [2.05, 4.69) is 0 Å². The molecule has 1 rings (SSSR count). The van der Waals surface area contributed by atoms with E-state index in [0.717, 1.165) is 24.2 Å². The highest BCUT2D eigenvalue weighted by Gasteiger charge is 1.98. The maximum atomic E-state index is 9.09. The molecule has 0 aliphatic rings. The summed E-state index contributed by atoms with van der Waals surface area (Å²) < 4.78 is 10.6. The third kappa shape index (κ3) is 5.14. The number of ether oxygens (including phenoxy) is 2. The first-order chi connectivity index (χ1) is 7.72. The Morgan fingerprint density at radius 3 is 2.88 bits per heavy atom. The van der Waals surface area contributed by atoms with Crippen LogP contribution in [0.5, 0.6) is 5.75 Å². The average molecular weight is 224 g/mol. The lowest BCUT2D eigenvalue weighted by Gasteiger charge is -2.08. The Labute approximate surface area is 97.0 Å². The van der Waals surface area contributed by atoms with Crippen molar-refractivity contribution in [3.05, 3.63) is 29.8 Å². The van der Waals surface area contributed by atoms with Crippen LogP contribution in [0.15, 0.2) is 24.3 Å². The molecule has 90 valence electrons. The van der Waals surface area contributed by atoms with Crippen molar-refractivity contribution in [2.45, 2.75) is 32.5 Å². The normalized spacial score (nSPS) is 12.4. The molecule has 0 saturated heterocycles. The van der Waals surface area contributed by atoms with Crippen molar-refractivity contribution in [1.82, 2.24) is 0 Å². The van der Waals surface area contributed by atoms with Crippen molar-refractivity contribution in [3.63, 3.8) is 0 Å². The molecule has 0 aliphatic carbocycles. The van der Waals surface area contributed by atoms with Gasteiger partial charge in [0.05, 0.1) is 19.3 Å². The molecule has 1 aromatic carbocycles. The van der Waals surface area contributed by atoms with Gasteiger partial charge in [-0.15, -0.1) is 0 Å². The number of methoxy groups -OCH3 is 1. The molecule has 0 spiro atoms. The summed E-state index contributed by atoms with van der Waals surface area (Å²) in [5.41, 5.74) is 1.11. The molecular weight excluding hydrogens is 204 g/mol. The van der Waals surface area contributed by atoms with Crippen molar-refractivity contribution >= 4 is 0 Å². The first-order valence-electron chi connectivity index (χ1n) is 5.61. The van der Waals surface area contributed by atoms with Crippen molar-refractivity contribution in [2.75, 3.05) is 13.7 Å². The maximum absolute atomic E-state index is 9.09. The molecule has 1 atom stereocenters. The van der Waals surface area contributed by atoms with Crippen LogP contribution in [-0.2, 0) is 11.3 Å². The van der Waals surface area contributed by atoms with Crippen LogP contribution in [0.25, 0.3) is 0 Å². The van der Waals surface area contributed by atoms with Gasteiger partial charge in [-0.2, -0.15) is 0 Å². The zero-order valence-electron chi connectivity index (χ0n) is 9.98. The highest BCUT2D eigenvalue weighted by Crippen LogP contribution is 2.14. The van der Waals surface area contributed by atoms with Crippen LogP contribution in [0.1, 0.15) is 25.3 Å². The Kier molecular flexibility index (Phi) is 5.90. The molecule has 16 heavy (non-hydrogen) atoms. The summed E-state index contributed by atoms with van der Waals surface area (Å²) in [6.07, 6.45) is 1.40. The third-order valence-electron chi connectivity index (χ3n) is 2.24. The summed E-state index contributed by atoms with van der Waals surface area (Å²) >= 11 is 0. The van der Waals surface area contributed by atoms with E-state index >= 15 is 0 Å². The van der Waals surface area contributed by atoms with Crippen molar-refractivity contribution < 1.29 is 14.6 Å². The Balaban J connectivity index is 2.33. The molecule has 0 heterocycles. The summed E-state index contributed by atoms with van der Waals surface area (Å²) in [4.78, 5) is 0. The second kappa shape index (κ2) is 7.25. The minimum Gasteiger partial charge on any atom is -0.494 e. The zero-order valence-corrected chi connectivity index (χ0v) is 9.98. The lowest BCUT2D eigenvalue weighted by molar-refractivity contribution is 0.170. The van der Waals surface area contributed by atoms with E-state index in [4.69, 9.17) is 14.6 Å². The van der Waals surface area contributed by atoms with E-state index in [1.165, 1.54) is 0 Å². The van der Waals surface area contributed by atoms with Gasteiger partial charge in [0.2, 0.25) is 0 Å². The second-order valence-corrected chi connectivity index (χ2v) is 3.92. The largest absolute Gasteiger partial charge is 0.494 e. The van der Waals surface area contributed by atoms with E-state index in [-0.39, 0.29) is 6.10 Å². The van der Waals surface area contributed by atoms with Gasteiger partial charge in [0.15, 0.2) is 0 Å². The van der Waals surface area contributed by atoms with Gasteiger partial charge in [-0.1, -0.05) is 12.1 Å². The number of aliphatic hydroxyl groups excluding tert-OH is 1. The minimum absolute atomic E-state index is 0.247.